The molecule has 0 saturated carbocycles. The second-order valence-corrected chi connectivity index (χ2v) is 9.30. The maximum atomic E-state index is 13.4. The van der Waals surface area contributed by atoms with Crippen LogP contribution in [-0.4, -0.2) is 41.5 Å². The lowest BCUT2D eigenvalue weighted by atomic mass is 10.00. The molecule has 1 aliphatic rings. The summed E-state index contributed by atoms with van der Waals surface area (Å²) >= 11 is 0. The fraction of sp³-hybridized carbons (Fsp3) is 0.333. The summed E-state index contributed by atoms with van der Waals surface area (Å²) in [5, 5.41) is 0. The van der Waals surface area contributed by atoms with Gasteiger partial charge in [-0.2, -0.15) is 0 Å². The van der Waals surface area contributed by atoms with Crippen LogP contribution in [0.5, 0.6) is 0 Å². The molecule has 3 aromatic rings. The maximum absolute atomic E-state index is 13.4. The second kappa shape index (κ2) is 7.39. The largest absolute Gasteiger partial charge is 0.340 e. The molecule has 146 valence electrons. The molecule has 1 N–H and O–H groups in total. The normalized spacial score (nSPS) is 17.8. The lowest BCUT2D eigenvalue weighted by molar-refractivity contribution is 0.0597. The summed E-state index contributed by atoms with van der Waals surface area (Å²) in [5.41, 5.74) is 2.04. The first-order valence-corrected chi connectivity index (χ1v) is 11.2. The highest BCUT2D eigenvalue weighted by molar-refractivity contribution is 7.91. The first-order valence-electron chi connectivity index (χ1n) is 9.58. The van der Waals surface area contributed by atoms with Crippen LogP contribution < -0.4 is 0 Å². The number of H-pyrrole nitrogens is 1. The van der Waals surface area contributed by atoms with Gasteiger partial charge in [-0.3, -0.25) is 4.79 Å². The number of para-hydroxylation sites is 2. The topological polar surface area (TPSA) is 83.1 Å². The molecule has 1 amide bonds. The maximum Gasteiger partial charge on any atom is 0.255 e. The van der Waals surface area contributed by atoms with Crippen LogP contribution in [0.15, 0.2) is 53.4 Å². The molecule has 2 aromatic carbocycles. The summed E-state index contributed by atoms with van der Waals surface area (Å²) < 4.78 is 25.0. The van der Waals surface area contributed by atoms with Crippen molar-refractivity contribution in [3.8, 4) is 0 Å². The Morgan fingerprint density at radius 1 is 1.14 bits per heavy atom. The van der Waals surface area contributed by atoms with E-state index in [0.29, 0.717) is 6.54 Å². The molecule has 0 spiro atoms. The molecule has 1 unspecified atom stereocenters. The lowest BCUT2D eigenvalue weighted by Crippen LogP contribution is -2.39. The van der Waals surface area contributed by atoms with E-state index >= 15 is 0 Å². The van der Waals surface area contributed by atoms with Crippen LogP contribution >= 0.6 is 0 Å². The quantitative estimate of drug-likeness (QED) is 0.727. The Morgan fingerprint density at radius 3 is 2.68 bits per heavy atom. The molecule has 28 heavy (non-hydrogen) atoms. The minimum Gasteiger partial charge on any atom is -0.340 e. The van der Waals surface area contributed by atoms with Crippen molar-refractivity contribution in [3.05, 3.63) is 59.9 Å². The number of sulfone groups is 1. The first kappa shape index (κ1) is 18.7. The summed E-state index contributed by atoms with van der Waals surface area (Å²) in [6.07, 6.45) is 2.69. The molecule has 1 aromatic heterocycles. The van der Waals surface area contributed by atoms with Crippen molar-refractivity contribution >= 4 is 26.8 Å². The van der Waals surface area contributed by atoms with Crippen molar-refractivity contribution in [1.82, 2.24) is 14.9 Å². The van der Waals surface area contributed by atoms with Crippen molar-refractivity contribution < 1.29 is 13.2 Å². The monoisotopic (exact) mass is 397 g/mol. The van der Waals surface area contributed by atoms with Gasteiger partial charge in [-0.15, -0.1) is 0 Å². The minimum atomic E-state index is -3.49. The van der Waals surface area contributed by atoms with Crippen LogP contribution in [0.3, 0.4) is 0 Å². The Hall–Kier alpha value is -2.67. The van der Waals surface area contributed by atoms with Gasteiger partial charge in [-0.05, 0) is 43.5 Å². The zero-order valence-corrected chi connectivity index (χ0v) is 16.6. The predicted octanol–water partition coefficient (Wildman–Crippen LogP) is 3.72. The molecule has 1 aliphatic heterocycles. The van der Waals surface area contributed by atoms with Crippen LogP contribution in [0.4, 0.5) is 0 Å². The highest BCUT2D eigenvalue weighted by Gasteiger charge is 2.33. The van der Waals surface area contributed by atoms with Crippen molar-refractivity contribution in [2.75, 3.05) is 12.3 Å². The number of hydrogen-bond acceptors (Lipinski definition) is 4. The molecule has 1 fully saturated rings. The van der Waals surface area contributed by atoms with Crippen LogP contribution in [0.2, 0.25) is 0 Å². The van der Waals surface area contributed by atoms with Crippen LogP contribution in [0.25, 0.3) is 11.0 Å². The summed E-state index contributed by atoms with van der Waals surface area (Å²) in [6, 6.07) is 14.1. The highest BCUT2D eigenvalue weighted by atomic mass is 32.2. The van der Waals surface area contributed by atoms with E-state index in [0.717, 1.165) is 36.1 Å². The number of carbonyl (C=O) groups excluding carboxylic acids is 1. The number of benzene rings is 2. The summed E-state index contributed by atoms with van der Waals surface area (Å²) in [7, 11) is -3.49. The number of nitrogens with zero attached hydrogens (tertiary/aromatic N) is 2. The molecular formula is C21H23N3O3S. The molecule has 7 heteroatoms. The molecule has 4 rings (SSSR count). The Bertz CT molecular complexity index is 1090. The van der Waals surface area contributed by atoms with E-state index in [1.165, 1.54) is 6.07 Å². The molecule has 1 atom stereocenters. The summed E-state index contributed by atoms with van der Waals surface area (Å²) in [4.78, 5) is 23.3. The average Bonchev–Trinajstić information content (AvgIpc) is 3.17. The third-order valence-electron chi connectivity index (χ3n) is 5.32. The van der Waals surface area contributed by atoms with E-state index in [2.05, 4.69) is 9.97 Å². The number of rotatable bonds is 4. The Labute approximate surface area is 164 Å². The Kier molecular flexibility index (Phi) is 4.93. The van der Waals surface area contributed by atoms with Gasteiger partial charge in [0.05, 0.1) is 33.3 Å². The van der Waals surface area contributed by atoms with Gasteiger partial charge in [-0.25, -0.2) is 13.4 Å². The molecule has 0 radical (unpaired) electrons. The number of nitrogens with one attached hydrogen (secondary N) is 1. The van der Waals surface area contributed by atoms with Gasteiger partial charge in [0.1, 0.15) is 5.82 Å². The molecule has 6 nitrogen and oxygen atoms in total. The first-order chi connectivity index (χ1) is 13.5. The van der Waals surface area contributed by atoms with Gasteiger partial charge in [0.25, 0.3) is 5.91 Å². The van der Waals surface area contributed by atoms with Gasteiger partial charge in [-0.1, -0.05) is 31.2 Å². The highest BCUT2D eigenvalue weighted by Crippen LogP contribution is 2.32. The molecule has 2 heterocycles. The standard InChI is InChI=1S/C21H23N3O3S/c1-2-28(26,27)19-13-6-3-9-15(19)21(25)24-14-8-7-12-18(24)20-22-16-10-4-5-11-17(16)23-20/h3-6,9-11,13,18H,2,7-8,12,14H2,1H3,(H,22,23). The number of hydrogen-bond donors (Lipinski definition) is 1. The van der Waals surface area contributed by atoms with Crippen molar-refractivity contribution in [1.29, 1.82) is 0 Å². The van der Waals surface area contributed by atoms with Gasteiger partial charge < -0.3 is 9.88 Å². The average molecular weight is 398 g/mol. The van der Waals surface area contributed by atoms with E-state index in [9.17, 15) is 13.2 Å². The smallest absolute Gasteiger partial charge is 0.255 e. The van der Waals surface area contributed by atoms with E-state index in [-0.39, 0.29) is 28.2 Å². The number of aromatic amines is 1. The fourth-order valence-corrected chi connectivity index (χ4v) is 4.90. The number of piperidine rings is 1. The van der Waals surface area contributed by atoms with Crippen LogP contribution in [0.1, 0.15) is 48.4 Å². The number of aromatic nitrogens is 2. The van der Waals surface area contributed by atoms with Gasteiger partial charge in [0.2, 0.25) is 0 Å². The molecular weight excluding hydrogens is 374 g/mol. The number of likely N-dealkylation sites (tertiary alicyclic amines) is 1. The zero-order valence-electron chi connectivity index (χ0n) is 15.8. The lowest BCUT2D eigenvalue weighted by Gasteiger charge is -2.35. The fourth-order valence-electron chi connectivity index (χ4n) is 3.81. The van der Waals surface area contributed by atoms with Crippen molar-refractivity contribution in [2.24, 2.45) is 0 Å². The summed E-state index contributed by atoms with van der Waals surface area (Å²) in [5.74, 6) is 0.465. The van der Waals surface area contributed by atoms with Gasteiger partial charge >= 0.3 is 0 Å². The number of amides is 1. The van der Waals surface area contributed by atoms with Gasteiger partial charge in [0, 0.05) is 6.54 Å². The van der Waals surface area contributed by atoms with E-state index in [4.69, 9.17) is 0 Å². The summed E-state index contributed by atoms with van der Waals surface area (Å²) in [6.45, 7) is 2.18. The number of carbonyl (C=O) groups is 1. The third kappa shape index (κ3) is 3.30. The molecule has 0 bridgehead atoms. The Morgan fingerprint density at radius 2 is 1.89 bits per heavy atom. The SMILES string of the molecule is CCS(=O)(=O)c1ccccc1C(=O)N1CCCCC1c1nc2ccccc2[nH]1. The predicted molar refractivity (Wildman–Crippen MR) is 108 cm³/mol. The molecule has 0 aliphatic carbocycles. The van der Waals surface area contributed by atoms with Gasteiger partial charge in [0.15, 0.2) is 9.84 Å². The van der Waals surface area contributed by atoms with Crippen LogP contribution in [-0.2, 0) is 9.84 Å². The second-order valence-electron chi connectivity index (χ2n) is 7.05. The van der Waals surface area contributed by atoms with Crippen LogP contribution in [0, 0.1) is 0 Å². The number of imidazole rings is 1. The number of fused-ring (bicyclic) bond motifs is 1. The third-order valence-corrected chi connectivity index (χ3v) is 7.11. The van der Waals surface area contributed by atoms with E-state index in [1.54, 1.807) is 30.0 Å². The zero-order chi connectivity index (χ0) is 19.7. The van der Waals surface area contributed by atoms with E-state index in [1.807, 2.05) is 24.3 Å². The minimum absolute atomic E-state index is 0.0374. The van der Waals surface area contributed by atoms with Crippen molar-refractivity contribution in [3.63, 3.8) is 0 Å². The molecule has 1 saturated heterocycles. The van der Waals surface area contributed by atoms with E-state index < -0.39 is 9.84 Å². The van der Waals surface area contributed by atoms with Crippen molar-refractivity contribution in [2.45, 2.75) is 37.1 Å². The Balaban J connectivity index is 1.74.